The summed E-state index contributed by atoms with van der Waals surface area (Å²) in [6.45, 7) is 1.83. The van der Waals surface area contributed by atoms with Crippen molar-refractivity contribution >= 4 is 17.9 Å². The summed E-state index contributed by atoms with van der Waals surface area (Å²) in [4.78, 5) is 34.5. The van der Waals surface area contributed by atoms with E-state index in [4.69, 9.17) is 18.9 Å². The van der Waals surface area contributed by atoms with E-state index in [0.29, 0.717) is 6.92 Å². The summed E-state index contributed by atoms with van der Waals surface area (Å²) >= 11 is 0. The van der Waals surface area contributed by atoms with E-state index in [9.17, 15) is 23.2 Å². The van der Waals surface area contributed by atoms with Crippen LogP contribution in [0.2, 0.25) is 0 Å². The monoisotopic (exact) mass is 366 g/mol. The number of hydrogen-bond acceptors (Lipinski definition) is 9. The molecule has 6 atom stereocenters. The molecule has 0 aromatic heterocycles. The highest BCUT2D eigenvalue weighted by atomic mass is 19.3. The molecule has 3 heterocycles. The molecule has 3 rings (SSSR count). The molecule has 0 aliphatic carbocycles. The zero-order valence-corrected chi connectivity index (χ0v) is 13.5. The summed E-state index contributed by atoms with van der Waals surface area (Å²) in [5.74, 6) is -8.59. The Morgan fingerprint density at radius 2 is 1.92 bits per heavy atom. The molecule has 3 aliphatic heterocycles. The van der Waals surface area contributed by atoms with Crippen molar-refractivity contribution in [3.8, 4) is 0 Å². The summed E-state index contributed by atoms with van der Waals surface area (Å²) < 4.78 is 56.6. The molecule has 0 aromatic rings. The molecule has 0 radical (unpaired) electrons. The fourth-order valence-electron chi connectivity index (χ4n) is 2.90. The van der Waals surface area contributed by atoms with Crippen LogP contribution in [0, 0.1) is 0 Å². The van der Waals surface area contributed by atoms with Crippen LogP contribution in [0.1, 0.15) is 20.3 Å². The molecule has 9 nitrogen and oxygen atoms in total. The van der Waals surface area contributed by atoms with Gasteiger partial charge in [0.2, 0.25) is 6.10 Å². The standard InChI is InChI=1S/C14H16F2O9/c1-13(4-5(17)20-3)24-9-7-6(22-11(9)25-13)8(10(18)21-7)23-12(19)14(2,15)16/h6-9,11H,4H2,1-3H3/t6-,7-,8-,9+,11+,13?/m0/s1. The highest BCUT2D eigenvalue weighted by molar-refractivity contribution is 5.84. The second-order valence-electron chi connectivity index (χ2n) is 6.17. The third-order valence-corrected chi connectivity index (χ3v) is 4.03. The van der Waals surface area contributed by atoms with E-state index in [1.165, 1.54) is 14.0 Å². The number of hydrogen-bond donors (Lipinski definition) is 0. The first kappa shape index (κ1) is 18.0. The Hall–Kier alpha value is -1.85. The van der Waals surface area contributed by atoms with Crippen molar-refractivity contribution in [1.29, 1.82) is 0 Å². The van der Waals surface area contributed by atoms with E-state index in [-0.39, 0.29) is 6.42 Å². The van der Waals surface area contributed by atoms with Crippen LogP contribution in [0.3, 0.4) is 0 Å². The fourth-order valence-corrected chi connectivity index (χ4v) is 2.90. The lowest BCUT2D eigenvalue weighted by Crippen LogP contribution is -2.41. The quantitative estimate of drug-likeness (QED) is 0.498. The van der Waals surface area contributed by atoms with Gasteiger partial charge < -0.3 is 28.4 Å². The number of methoxy groups -OCH3 is 1. The van der Waals surface area contributed by atoms with Gasteiger partial charge in [0, 0.05) is 6.92 Å². The molecule has 0 spiro atoms. The van der Waals surface area contributed by atoms with E-state index in [0.717, 1.165) is 0 Å². The average molecular weight is 366 g/mol. The van der Waals surface area contributed by atoms with Crippen LogP contribution in [-0.4, -0.2) is 67.4 Å². The predicted octanol–water partition coefficient (Wildman–Crippen LogP) is -0.102. The lowest BCUT2D eigenvalue weighted by atomic mass is 10.1. The number of rotatable bonds is 4. The summed E-state index contributed by atoms with van der Waals surface area (Å²) in [5.41, 5.74) is 0. The molecule has 0 bridgehead atoms. The lowest BCUT2D eigenvalue weighted by Gasteiger charge is -2.25. The van der Waals surface area contributed by atoms with Crippen molar-refractivity contribution < 1.29 is 51.6 Å². The first-order valence-corrected chi connectivity index (χ1v) is 7.41. The van der Waals surface area contributed by atoms with Gasteiger partial charge in [0.15, 0.2) is 24.3 Å². The van der Waals surface area contributed by atoms with Gasteiger partial charge in [-0.1, -0.05) is 0 Å². The minimum atomic E-state index is -3.76. The Bertz CT molecular complexity index is 604. The molecular formula is C14H16F2O9. The number of ether oxygens (including phenoxy) is 6. The third kappa shape index (κ3) is 3.18. The van der Waals surface area contributed by atoms with Gasteiger partial charge in [0.05, 0.1) is 13.5 Å². The number of esters is 3. The van der Waals surface area contributed by atoms with Gasteiger partial charge in [-0.15, -0.1) is 0 Å². The van der Waals surface area contributed by atoms with E-state index >= 15 is 0 Å². The largest absolute Gasteiger partial charge is 0.469 e. The second-order valence-corrected chi connectivity index (χ2v) is 6.17. The molecule has 1 unspecified atom stereocenters. The Morgan fingerprint density at radius 3 is 2.52 bits per heavy atom. The number of fused-ring (bicyclic) bond motifs is 3. The van der Waals surface area contributed by atoms with Gasteiger partial charge >= 0.3 is 23.8 Å². The van der Waals surface area contributed by atoms with Crippen LogP contribution >= 0.6 is 0 Å². The van der Waals surface area contributed by atoms with Crippen LogP contribution in [0.4, 0.5) is 8.78 Å². The van der Waals surface area contributed by atoms with Crippen molar-refractivity contribution in [2.75, 3.05) is 7.11 Å². The average Bonchev–Trinajstić information content (AvgIpc) is 3.07. The Balaban J connectivity index is 1.68. The second kappa shape index (κ2) is 5.85. The van der Waals surface area contributed by atoms with Crippen molar-refractivity contribution in [2.24, 2.45) is 0 Å². The number of carbonyl (C=O) groups excluding carboxylic acids is 3. The van der Waals surface area contributed by atoms with Crippen molar-refractivity contribution in [2.45, 2.75) is 62.7 Å². The van der Waals surface area contributed by atoms with E-state index in [1.807, 2.05) is 0 Å². The maximum absolute atomic E-state index is 13.0. The maximum Gasteiger partial charge on any atom is 0.377 e. The predicted molar refractivity (Wildman–Crippen MR) is 70.0 cm³/mol. The van der Waals surface area contributed by atoms with Gasteiger partial charge in [-0.2, -0.15) is 8.78 Å². The van der Waals surface area contributed by atoms with Crippen LogP contribution in [0.5, 0.6) is 0 Å². The van der Waals surface area contributed by atoms with E-state index < -0.39 is 60.3 Å². The minimum Gasteiger partial charge on any atom is -0.469 e. The summed E-state index contributed by atoms with van der Waals surface area (Å²) in [5, 5.41) is 0. The van der Waals surface area contributed by atoms with Gasteiger partial charge in [-0.05, 0) is 6.92 Å². The molecule has 0 N–H and O–H groups in total. The van der Waals surface area contributed by atoms with Crippen LogP contribution in [0.25, 0.3) is 0 Å². The molecular weight excluding hydrogens is 350 g/mol. The first-order valence-electron chi connectivity index (χ1n) is 7.41. The smallest absolute Gasteiger partial charge is 0.377 e. The topological polar surface area (TPSA) is 107 Å². The Kier molecular flexibility index (Phi) is 4.20. The van der Waals surface area contributed by atoms with Crippen molar-refractivity contribution in [1.82, 2.24) is 0 Å². The van der Waals surface area contributed by atoms with Crippen LogP contribution in [-0.2, 0) is 42.8 Å². The molecule has 0 saturated carbocycles. The van der Waals surface area contributed by atoms with Gasteiger partial charge in [0.1, 0.15) is 6.10 Å². The zero-order valence-electron chi connectivity index (χ0n) is 13.5. The summed E-state index contributed by atoms with van der Waals surface area (Å²) in [7, 11) is 1.20. The molecule has 3 aliphatic rings. The van der Waals surface area contributed by atoms with E-state index in [1.54, 1.807) is 0 Å². The van der Waals surface area contributed by atoms with Crippen LogP contribution in [0.15, 0.2) is 0 Å². The third-order valence-electron chi connectivity index (χ3n) is 4.03. The highest BCUT2D eigenvalue weighted by Gasteiger charge is 2.65. The van der Waals surface area contributed by atoms with Gasteiger partial charge in [0.25, 0.3) is 0 Å². The lowest BCUT2D eigenvalue weighted by molar-refractivity contribution is -0.231. The number of carbonyl (C=O) groups is 3. The summed E-state index contributed by atoms with van der Waals surface area (Å²) in [6, 6.07) is 0. The van der Waals surface area contributed by atoms with Gasteiger partial charge in [-0.25, -0.2) is 9.59 Å². The number of halogens is 2. The highest BCUT2D eigenvalue weighted by Crippen LogP contribution is 2.44. The van der Waals surface area contributed by atoms with Crippen molar-refractivity contribution in [3.05, 3.63) is 0 Å². The molecule has 11 heteroatoms. The molecule has 0 amide bonds. The Labute approximate surface area is 140 Å². The van der Waals surface area contributed by atoms with Crippen LogP contribution < -0.4 is 0 Å². The van der Waals surface area contributed by atoms with Gasteiger partial charge in [-0.3, -0.25) is 4.79 Å². The molecule has 140 valence electrons. The minimum absolute atomic E-state index is 0.230. The summed E-state index contributed by atoms with van der Waals surface area (Å²) in [6.07, 6.45) is -5.94. The molecule has 3 fully saturated rings. The van der Waals surface area contributed by atoms with Crippen molar-refractivity contribution in [3.63, 3.8) is 0 Å². The normalized spacial score (nSPS) is 39.6. The maximum atomic E-state index is 13.0. The Morgan fingerprint density at radius 1 is 1.24 bits per heavy atom. The first-order chi connectivity index (χ1) is 11.5. The molecule has 25 heavy (non-hydrogen) atoms. The van der Waals surface area contributed by atoms with E-state index in [2.05, 4.69) is 9.47 Å². The molecule has 0 aromatic carbocycles. The fraction of sp³-hybridized carbons (Fsp3) is 0.786. The number of alkyl halides is 2. The zero-order chi connectivity index (χ0) is 18.6. The SMILES string of the molecule is COC(=O)CC1(C)O[C@H]2O[C@H]3[C@H](OC(=O)[C@H]3OC(=O)C(C)(F)F)[C@H]2O1. The molecule has 3 saturated heterocycles.